The van der Waals surface area contributed by atoms with E-state index in [2.05, 4.69) is 30.7 Å². The molecule has 0 bridgehead atoms. The molecule has 0 saturated carbocycles. The summed E-state index contributed by atoms with van der Waals surface area (Å²) in [6.45, 7) is -1.43. The second kappa shape index (κ2) is 5.63. The molecule has 20 heavy (non-hydrogen) atoms. The molecule has 0 aliphatic heterocycles. The number of anilines is 2. The Hall–Kier alpha value is -2.52. The van der Waals surface area contributed by atoms with Crippen LogP contribution in [0.4, 0.5) is 24.5 Å². The van der Waals surface area contributed by atoms with Gasteiger partial charge in [0.2, 0.25) is 0 Å². The number of alkyl halides is 2. The molecule has 0 aliphatic carbocycles. The normalized spacial score (nSPS) is 12.4. The lowest BCUT2D eigenvalue weighted by Gasteiger charge is -2.15. The number of hydrogen-bond donors (Lipinski definition) is 3. The van der Waals surface area contributed by atoms with Crippen molar-refractivity contribution in [3.63, 3.8) is 0 Å². The van der Waals surface area contributed by atoms with E-state index in [1.165, 1.54) is 0 Å². The van der Waals surface area contributed by atoms with E-state index in [0.717, 1.165) is 12.1 Å². The molecule has 2 aromatic rings. The van der Waals surface area contributed by atoms with Crippen LogP contribution in [-0.2, 0) is 0 Å². The van der Waals surface area contributed by atoms with Crippen molar-refractivity contribution in [2.24, 2.45) is 0 Å². The molecule has 0 aliphatic rings. The number of aromatic nitrogens is 4. The van der Waals surface area contributed by atoms with Crippen molar-refractivity contribution >= 4 is 11.4 Å². The summed E-state index contributed by atoms with van der Waals surface area (Å²) >= 11 is 0. The minimum Gasteiger partial charge on any atom is -0.432 e. The van der Waals surface area contributed by atoms with E-state index in [-0.39, 0.29) is 11.4 Å². The number of aromatic amines is 1. The molecule has 0 spiro atoms. The van der Waals surface area contributed by atoms with Gasteiger partial charge < -0.3 is 15.8 Å². The second-order valence-electron chi connectivity index (χ2n) is 3.88. The molecule has 1 heterocycles. The van der Waals surface area contributed by atoms with Crippen LogP contribution in [0.2, 0.25) is 0 Å². The number of nitrogens with zero attached hydrogens (tertiary/aromatic N) is 3. The van der Waals surface area contributed by atoms with Gasteiger partial charge in [-0.25, -0.2) is 4.39 Å². The number of rotatable bonds is 5. The van der Waals surface area contributed by atoms with Gasteiger partial charge in [-0.2, -0.15) is 14.0 Å². The lowest BCUT2D eigenvalue weighted by Crippen LogP contribution is -2.11. The molecule has 1 unspecified atom stereocenters. The van der Waals surface area contributed by atoms with Crippen LogP contribution in [0.3, 0.4) is 0 Å². The van der Waals surface area contributed by atoms with Crippen LogP contribution in [0.25, 0.3) is 0 Å². The predicted molar refractivity (Wildman–Crippen MR) is 63.7 cm³/mol. The molecule has 0 fully saturated rings. The Kier molecular flexibility index (Phi) is 3.91. The minimum atomic E-state index is -3.13. The average molecular weight is 288 g/mol. The van der Waals surface area contributed by atoms with Gasteiger partial charge in [0.1, 0.15) is 0 Å². The zero-order valence-electron chi connectivity index (χ0n) is 10.3. The summed E-state index contributed by atoms with van der Waals surface area (Å²) in [7, 11) is 0. The van der Waals surface area contributed by atoms with Crippen molar-refractivity contribution < 1.29 is 17.9 Å². The van der Waals surface area contributed by atoms with Gasteiger partial charge in [-0.3, -0.25) is 0 Å². The van der Waals surface area contributed by atoms with Crippen LogP contribution < -0.4 is 15.8 Å². The van der Waals surface area contributed by atoms with Gasteiger partial charge in [0.15, 0.2) is 17.4 Å². The molecule has 10 heteroatoms. The van der Waals surface area contributed by atoms with Gasteiger partial charge in [-0.05, 0) is 6.92 Å². The first-order valence-corrected chi connectivity index (χ1v) is 5.51. The molecule has 108 valence electrons. The minimum absolute atomic E-state index is 0.0412. The molecule has 2 rings (SSSR count). The summed E-state index contributed by atoms with van der Waals surface area (Å²) in [5.74, 6) is -1.23. The first-order chi connectivity index (χ1) is 9.47. The van der Waals surface area contributed by atoms with Crippen LogP contribution in [-0.4, -0.2) is 27.2 Å². The Balaban J connectivity index is 2.22. The maximum Gasteiger partial charge on any atom is 0.387 e. The van der Waals surface area contributed by atoms with Gasteiger partial charge in [0, 0.05) is 12.1 Å². The Morgan fingerprint density at radius 1 is 1.40 bits per heavy atom. The van der Waals surface area contributed by atoms with Gasteiger partial charge in [-0.15, -0.1) is 10.2 Å². The van der Waals surface area contributed by atoms with Gasteiger partial charge in [0.25, 0.3) is 0 Å². The molecule has 1 aromatic carbocycles. The van der Waals surface area contributed by atoms with Gasteiger partial charge in [0.05, 0.1) is 17.4 Å². The Labute approximate surface area is 111 Å². The van der Waals surface area contributed by atoms with Crippen molar-refractivity contribution in [1.82, 2.24) is 20.6 Å². The van der Waals surface area contributed by atoms with E-state index in [0.29, 0.717) is 5.82 Å². The quantitative estimate of drug-likeness (QED) is 0.724. The number of hydrogen-bond acceptors (Lipinski definition) is 6. The fraction of sp³-hybridized carbons (Fsp3) is 0.300. The summed E-state index contributed by atoms with van der Waals surface area (Å²) in [6.07, 6.45) is 0. The highest BCUT2D eigenvalue weighted by Gasteiger charge is 2.16. The summed E-state index contributed by atoms with van der Waals surface area (Å²) < 4.78 is 41.7. The zero-order chi connectivity index (χ0) is 14.7. The van der Waals surface area contributed by atoms with Crippen molar-refractivity contribution in [3.8, 4) is 5.75 Å². The smallest absolute Gasteiger partial charge is 0.387 e. The molecule has 1 aromatic heterocycles. The second-order valence-corrected chi connectivity index (χ2v) is 3.88. The van der Waals surface area contributed by atoms with E-state index in [1.54, 1.807) is 6.92 Å². The highest BCUT2D eigenvalue weighted by molar-refractivity contribution is 5.69. The van der Waals surface area contributed by atoms with Gasteiger partial charge >= 0.3 is 6.61 Å². The van der Waals surface area contributed by atoms with Crippen LogP contribution in [0.1, 0.15) is 18.8 Å². The maximum atomic E-state index is 13.4. The van der Waals surface area contributed by atoms with E-state index < -0.39 is 24.2 Å². The Morgan fingerprint density at radius 3 is 2.75 bits per heavy atom. The third kappa shape index (κ3) is 3.08. The molecule has 0 saturated heterocycles. The van der Waals surface area contributed by atoms with Gasteiger partial charge in [-0.1, -0.05) is 5.21 Å². The SMILES string of the molecule is CC(Nc1cc(OC(F)F)c(F)cc1N)c1nn[nH]n1. The van der Waals surface area contributed by atoms with Crippen LogP contribution in [0.5, 0.6) is 5.75 Å². The predicted octanol–water partition coefficient (Wildman–Crippen LogP) is 1.70. The van der Waals surface area contributed by atoms with Crippen LogP contribution >= 0.6 is 0 Å². The third-order valence-corrected chi connectivity index (χ3v) is 2.44. The van der Waals surface area contributed by atoms with Crippen molar-refractivity contribution in [1.29, 1.82) is 0 Å². The lowest BCUT2D eigenvalue weighted by atomic mass is 10.2. The molecule has 0 amide bonds. The fourth-order valence-corrected chi connectivity index (χ4v) is 1.53. The third-order valence-electron chi connectivity index (χ3n) is 2.44. The molecule has 7 nitrogen and oxygen atoms in total. The highest BCUT2D eigenvalue weighted by atomic mass is 19.3. The summed E-state index contributed by atoms with van der Waals surface area (Å²) in [4.78, 5) is 0. The molecule has 0 radical (unpaired) electrons. The molecule has 1 atom stereocenters. The monoisotopic (exact) mass is 288 g/mol. The number of benzene rings is 1. The topological polar surface area (TPSA) is 102 Å². The van der Waals surface area contributed by atoms with E-state index in [1.807, 2.05) is 0 Å². The summed E-state index contributed by atoms with van der Waals surface area (Å²) in [6, 6.07) is 1.53. The van der Waals surface area contributed by atoms with Crippen LogP contribution in [0.15, 0.2) is 12.1 Å². The highest BCUT2D eigenvalue weighted by Crippen LogP contribution is 2.31. The Morgan fingerprint density at radius 2 is 2.15 bits per heavy atom. The lowest BCUT2D eigenvalue weighted by molar-refractivity contribution is -0.0521. The number of H-pyrrole nitrogens is 1. The van der Waals surface area contributed by atoms with Crippen LogP contribution in [0, 0.1) is 5.82 Å². The first kappa shape index (κ1) is 13.9. The van der Waals surface area contributed by atoms with Crippen molar-refractivity contribution in [2.75, 3.05) is 11.1 Å². The zero-order valence-corrected chi connectivity index (χ0v) is 10.3. The average Bonchev–Trinajstić information content (AvgIpc) is 2.88. The number of halogens is 3. The largest absolute Gasteiger partial charge is 0.432 e. The Bertz CT molecular complexity index is 577. The molecular formula is C10H11F3N6O. The molecular weight excluding hydrogens is 277 g/mol. The number of ether oxygens (including phenoxy) is 1. The van der Waals surface area contributed by atoms with E-state index >= 15 is 0 Å². The number of nitrogen functional groups attached to an aromatic ring is 1. The van der Waals surface area contributed by atoms with E-state index in [9.17, 15) is 13.2 Å². The summed E-state index contributed by atoms with van der Waals surface area (Å²) in [5.41, 5.74) is 5.88. The van der Waals surface area contributed by atoms with Crippen molar-refractivity contribution in [3.05, 3.63) is 23.8 Å². The first-order valence-electron chi connectivity index (χ1n) is 5.51. The van der Waals surface area contributed by atoms with Crippen molar-refractivity contribution in [2.45, 2.75) is 19.6 Å². The maximum absolute atomic E-state index is 13.4. The number of tetrazole rings is 1. The standard InChI is InChI=1S/C10H11F3N6O/c1-4(9-16-18-19-17-9)15-7-3-8(20-10(12)13)5(11)2-6(7)14/h2-4,10,15H,14H2,1H3,(H,16,17,18,19). The summed E-state index contributed by atoms with van der Waals surface area (Å²) in [5, 5.41) is 16.0. The number of nitrogens with two attached hydrogens (primary N) is 1. The molecule has 4 N–H and O–H groups in total. The van der Waals surface area contributed by atoms with E-state index in [4.69, 9.17) is 5.73 Å². The number of nitrogens with one attached hydrogen (secondary N) is 2. The fourth-order valence-electron chi connectivity index (χ4n) is 1.53.